The molecular weight excluding hydrogens is 286 g/mol. The monoisotopic (exact) mass is 303 g/mol. The summed E-state index contributed by atoms with van der Waals surface area (Å²) in [6.07, 6.45) is 0.0588. The number of thiophene rings is 1. The normalized spacial score (nSPS) is 19.4. The Morgan fingerprint density at radius 2 is 2.29 bits per heavy atom. The van der Waals surface area contributed by atoms with Crippen LogP contribution < -0.4 is 10.1 Å². The zero-order valence-electron chi connectivity index (χ0n) is 11.7. The van der Waals surface area contributed by atoms with Crippen LogP contribution in [0.2, 0.25) is 0 Å². The second-order valence-corrected chi connectivity index (χ2v) is 6.20. The molecule has 1 aromatic heterocycles. The molecule has 0 aliphatic carbocycles. The van der Waals surface area contributed by atoms with E-state index in [1.54, 1.807) is 6.92 Å². The molecule has 2 atom stereocenters. The van der Waals surface area contributed by atoms with Gasteiger partial charge in [-0.05, 0) is 40.9 Å². The molecule has 1 aromatic carbocycles. The number of hydrogen-bond donors (Lipinski definition) is 2. The Balaban J connectivity index is 1.59. The highest BCUT2D eigenvalue weighted by Gasteiger charge is 2.31. The van der Waals surface area contributed by atoms with E-state index in [1.165, 1.54) is 11.3 Å². The molecule has 1 aliphatic heterocycles. The highest BCUT2D eigenvalue weighted by Crippen LogP contribution is 2.28. The van der Waals surface area contributed by atoms with Gasteiger partial charge in [0.25, 0.3) is 5.91 Å². The van der Waals surface area contributed by atoms with Crippen LogP contribution in [0.1, 0.15) is 18.1 Å². The Labute approximate surface area is 127 Å². The van der Waals surface area contributed by atoms with Crippen molar-refractivity contribution in [3.8, 4) is 5.75 Å². The predicted molar refractivity (Wildman–Crippen MR) is 81.5 cm³/mol. The molecule has 4 nitrogen and oxygen atoms in total. The zero-order valence-corrected chi connectivity index (χ0v) is 12.5. The zero-order chi connectivity index (χ0) is 14.9. The minimum absolute atomic E-state index is 0.165. The second-order valence-electron chi connectivity index (χ2n) is 5.42. The summed E-state index contributed by atoms with van der Waals surface area (Å²) in [5.74, 6) is 0.573. The highest BCUT2D eigenvalue weighted by atomic mass is 32.1. The summed E-state index contributed by atoms with van der Waals surface area (Å²) < 4.78 is 5.63. The van der Waals surface area contributed by atoms with Gasteiger partial charge in [-0.3, -0.25) is 4.79 Å². The summed E-state index contributed by atoms with van der Waals surface area (Å²) >= 11 is 1.52. The van der Waals surface area contributed by atoms with E-state index in [0.29, 0.717) is 6.42 Å². The van der Waals surface area contributed by atoms with Crippen LogP contribution in [0.25, 0.3) is 0 Å². The summed E-state index contributed by atoms with van der Waals surface area (Å²) in [6, 6.07) is 9.51. The molecule has 110 valence electrons. The van der Waals surface area contributed by atoms with Gasteiger partial charge in [0.05, 0.1) is 6.54 Å². The van der Waals surface area contributed by atoms with Gasteiger partial charge in [-0.25, -0.2) is 0 Å². The smallest absolute Gasteiger partial charge is 0.261 e. The van der Waals surface area contributed by atoms with Crippen molar-refractivity contribution in [2.45, 2.75) is 25.0 Å². The van der Waals surface area contributed by atoms with Crippen LogP contribution in [0.5, 0.6) is 5.75 Å². The first kappa shape index (κ1) is 14.1. The lowest BCUT2D eigenvalue weighted by atomic mass is 9.99. The SMILES string of the molecule is CC(O)(CNC(=O)C1Cc2ccccc2O1)c1ccsc1. The number of para-hydroxylation sites is 1. The van der Waals surface area contributed by atoms with Gasteiger partial charge in [0.2, 0.25) is 0 Å². The van der Waals surface area contributed by atoms with Gasteiger partial charge in [-0.2, -0.15) is 11.3 Å². The van der Waals surface area contributed by atoms with Gasteiger partial charge in [-0.1, -0.05) is 18.2 Å². The maximum absolute atomic E-state index is 12.2. The lowest BCUT2D eigenvalue weighted by Crippen LogP contribution is -2.44. The van der Waals surface area contributed by atoms with E-state index in [4.69, 9.17) is 4.74 Å². The first-order chi connectivity index (χ1) is 10.1. The summed E-state index contributed by atoms with van der Waals surface area (Å²) in [7, 11) is 0. The Morgan fingerprint density at radius 1 is 1.48 bits per heavy atom. The third-order valence-electron chi connectivity index (χ3n) is 3.69. The van der Waals surface area contributed by atoms with Crippen LogP contribution >= 0.6 is 11.3 Å². The molecule has 0 bridgehead atoms. The minimum atomic E-state index is -1.07. The van der Waals surface area contributed by atoms with E-state index in [-0.39, 0.29) is 12.5 Å². The summed E-state index contributed by atoms with van der Waals surface area (Å²) in [5, 5.41) is 17.0. The first-order valence-corrected chi connectivity index (χ1v) is 7.78. The van der Waals surface area contributed by atoms with Crippen molar-refractivity contribution in [3.63, 3.8) is 0 Å². The second kappa shape index (κ2) is 5.50. The van der Waals surface area contributed by atoms with Crippen molar-refractivity contribution in [2.75, 3.05) is 6.54 Å². The Bertz CT molecular complexity index is 612. The average molecular weight is 303 g/mol. The van der Waals surface area contributed by atoms with Gasteiger partial charge < -0.3 is 15.2 Å². The van der Waals surface area contributed by atoms with Crippen molar-refractivity contribution in [1.29, 1.82) is 0 Å². The quantitative estimate of drug-likeness (QED) is 0.909. The molecule has 21 heavy (non-hydrogen) atoms. The third kappa shape index (κ3) is 2.94. The standard InChI is InChI=1S/C16H17NO3S/c1-16(19,12-6-7-21-9-12)10-17-15(18)14-8-11-4-2-3-5-13(11)20-14/h2-7,9,14,19H,8,10H2,1H3,(H,17,18). The average Bonchev–Trinajstić information content (AvgIpc) is 3.13. The molecule has 1 amide bonds. The molecule has 0 saturated heterocycles. The van der Waals surface area contributed by atoms with E-state index >= 15 is 0 Å². The maximum atomic E-state index is 12.2. The molecule has 5 heteroatoms. The molecule has 0 radical (unpaired) electrons. The molecular formula is C16H17NO3S. The topological polar surface area (TPSA) is 58.6 Å². The Morgan fingerprint density at radius 3 is 3.00 bits per heavy atom. The molecule has 0 fully saturated rings. The molecule has 0 saturated carbocycles. The van der Waals surface area contributed by atoms with E-state index in [1.807, 2.05) is 41.1 Å². The van der Waals surface area contributed by atoms with Gasteiger partial charge in [-0.15, -0.1) is 0 Å². The van der Waals surface area contributed by atoms with E-state index in [0.717, 1.165) is 16.9 Å². The molecule has 2 heterocycles. The largest absolute Gasteiger partial charge is 0.480 e. The Hall–Kier alpha value is -1.85. The molecule has 3 rings (SSSR count). The lowest BCUT2D eigenvalue weighted by Gasteiger charge is -2.23. The van der Waals surface area contributed by atoms with Crippen LogP contribution in [0.15, 0.2) is 41.1 Å². The van der Waals surface area contributed by atoms with Crippen molar-refractivity contribution >= 4 is 17.2 Å². The molecule has 0 spiro atoms. The number of aliphatic hydroxyl groups is 1. The first-order valence-electron chi connectivity index (χ1n) is 6.83. The number of rotatable bonds is 4. The number of carbonyl (C=O) groups is 1. The van der Waals surface area contributed by atoms with Crippen LogP contribution in [-0.4, -0.2) is 23.7 Å². The fourth-order valence-electron chi connectivity index (χ4n) is 2.37. The summed E-state index contributed by atoms with van der Waals surface area (Å²) in [4.78, 5) is 12.2. The number of fused-ring (bicyclic) bond motifs is 1. The van der Waals surface area contributed by atoms with E-state index < -0.39 is 11.7 Å². The summed E-state index contributed by atoms with van der Waals surface area (Å²) in [6.45, 7) is 1.86. The van der Waals surface area contributed by atoms with E-state index in [9.17, 15) is 9.90 Å². The van der Waals surface area contributed by atoms with Crippen molar-refractivity contribution in [1.82, 2.24) is 5.32 Å². The predicted octanol–water partition coefficient (Wildman–Crippen LogP) is 2.08. The fraction of sp³-hybridized carbons (Fsp3) is 0.312. The number of nitrogens with one attached hydrogen (secondary N) is 1. The molecule has 1 aliphatic rings. The van der Waals surface area contributed by atoms with Crippen LogP contribution in [0, 0.1) is 0 Å². The maximum Gasteiger partial charge on any atom is 0.261 e. The number of amides is 1. The molecule has 2 aromatic rings. The number of ether oxygens (including phenoxy) is 1. The number of carbonyl (C=O) groups excluding carboxylic acids is 1. The van der Waals surface area contributed by atoms with Gasteiger partial charge >= 0.3 is 0 Å². The summed E-state index contributed by atoms with van der Waals surface area (Å²) in [5.41, 5.74) is 0.784. The number of hydrogen-bond acceptors (Lipinski definition) is 4. The van der Waals surface area contributed by atoms with Gasteiger partial charge in [0.15, 0.2) is 6.10 Å². The van der Waals surface area contributed by atoms with Gasteiger partial charge in [0, 0.05) is 6.42 Å². The third-order valence-corrected chi connectivity index (χ3v) is 4.37. The van der Waals surface area contributed by atoms with Crippen molar-refractivity contribution < 1.29 is 14.6 Å². The van der Waals surface area contributed by atoms with Crippen molar-refractivity contribution in [2.24, 2.45) is 0 Å². The van der Waals surface area contributed by atoms with Crippen LogP contribution in [-0.2, 0) is 16.8 Å². The molecule has 2 N–H and O–H groups in total. The molecule has 2 unspecified atom stereocenters. The highest BCUT2D eigenvalue weighted by molar-refractivity contribution is 7.08. The van der Waals surface area contributed by atoms with Crippen LogP contribution in [0.4, 0.5) is 0 Å². The van der Waals surface area contributed by atoms with Gasteiger partial charge in [0.1, 0.15) is 11.4 Å². The van der Waals surface area contributed by atoms with Crippen molar-refractivity contribution in [3.05, 3.63) is 52.2 Å². The lowest BCUT2D eigenvalue weighted by molar-refractivity contribution is -0.128. The Kier molecular flexibility index (Phi) is 3.69. The van der Waals surface area contributed by atoms with Crippen LogP contribution in [0.3, 0.4) is 0 Å². The fourth-order valence-corrected chi connectivity index (χ4v) is 3.16. The van der Waals surface area contributed by atoms with E-state index in [2.05, 4.69) is 5.32 Å². The minimum Gasteiger partial charge on any atom is -0.480 e. The number of benzene rings is 1.